The third-order valence-electron chi connectivity index (χ3n) is 8.24. The zero-order valence-corrected chi connectivity index (χ0v) is 23.1. The van der Waals surface area contributed by atoms with Crippen LogP contribution in [0.4, 0.5) is 5.69 Å². The van der Waals surface area contributed by atoms with E-state index in [-0.39, 0.29) is 30.9 Å². The lowest BCUT2D eigenvalue weighted by Gasteiger charge is -2.37. The van der Waals surface area contributed by atoms with E-state index in [0.29, 0.717) is 56.8 Å². The Bertz CT molecular complexity index is 1070. The molecule has 1 aromatic carbocycles. The topological polar surface area (TPSA) is 99.6 Å². The Labute approximate surface area is 231 Å². The highest BCUT2D eigenvalue weighted by Crippen LogP contribution is 2.59. The van der Waals surface area contributed by atoms with E-state index in [4.69, 9.17) is 9.47 Å². The summed E-state index contributed by atoms with van der Waals surface area (Å²) in [5, 5.41) is 9.39. The van der Waals surface area contributed by atoms with Crippen molar-refractivity contribution in [2.24, 2.45) is 11.8 Å². The maximum atomic E-state index is 14.4. The van der Waals surface area contributed by atoms with Crippen LogP contribution in [0.25, 0.3) is 0 Å². The summed E-state index contributed by atoms with van der Waals surface area (Å²) in [6.07, 6.45) is 5.93. The minimum Gasteiger partial charge on any atom is -0.497 e. The Morgan fingerprint density at radius 1 is 1.18 bits per heavy atom. The quantitative estimate of drug-likeness (QED) is 0.288. The average molecular weight is 540 g/mol. The zero-order chi connectivity index (χ0) is 28.2. The molecule has 2 unspecified atom stereocenters. The summed E-state index contributed by atoms with van der Waals surface area (Å²) in [6.45, 7) is 11.2. The molecule has 0 saturated carbocycles. The molecule has 3 saturated heterocycles. The van der Waals surface area contributed by atoms with Crippen molar-refractivity contribution in [3.8, 4) is 5.75 Å². The van der Waals surface area contributed by atoms with Crippen LogP contribution in [-0.4, -0.2) is 90.3 Å². The molecule has 0 aliphatic carbocycles. The van der Waals surface area contributed by atoms with E-state index in [1.807, 2.05) is 6.92 Å². The van der Waals surface area contributed by atoms with Gasteiger partial charge in [0.25, 0.3) is 5.91 Å². The summed E-state index contributed by atoms with van der Waals surface area (Å²) in [5.74, 6) is -1.27. The van der Waals surface area contributed by atoms with Crippen molar-refractivity contribution >= 4 is 23.4 Å². The lowest BCUT2D eigenvalue weighted by Crippen LogP contribution is -2.56. The van der Waals surface area contributed by atoms with Gasteiger partial charge in [0.15, 0.2) is 0 Å². The molecule has 2 bridgehead atoms. The molecule has 9 heteroatoms. The van der Waals surface area contributed by atoms with Gasteiger partial charge in [0.1, 0.15) is 17.4 Å². The maximum Gasteiger partial charge on any atom is 0.253 e. The van der Waals surface area contributed by atoms with Gasteiger partial charge >= 0.3 is 0 Å². The average Bonchev–Trinajstić information content (AvgIpc) is 3.58. The Kier molecular flexibility index (Phi) is 9.12. The number of hydrogen-bond acceptors (Lipinski definition) is 6. The first-order valence-corrected chi connectivity index (χ1v) is 13.9. The van der Waals surface area contributed by atoms with E-state index < -0.39 is 29.6 Å². The van der Waals surface area contributed by atoms with Gasteiger partial charge in [-0.15, -0.1) is 13.2 Å². The third-order valence-corrected chi connectivity index (χ3v) is 8.24. The van der Waals surface area contributed by atoms with E-state index in [9.17, 15) is 19.5 Å². The highest BCUT2D eigenvalue weighted by Gasteiger charge is 2.74. The molecule has 3 amide bonds. The summed E-state index contributed by atoms with van der Waals surface area (Å²) in [4.78, 5) is 47.4. The first-order chi connectivity index (χ1) is 18.9. The van der Waals surface area contributed by atoms with Crippen LogP contribution >= 0.6 is 0 Å². The molecule has 9 nitrogen and oxygen atoms in total. The van der Waals surface area contributed by atoms with E-state index in [1.54, 1.807) is 58.2 Å². The molecule has 1 spiro atoms. The minimum atomic E-state index is -1.07. The van der Waals surface area contributed by atoms with Gasteiger partial charge in [0.2, 0.25) is 11.8 Å². The number of benzene rings is 1. The number of unbranched alkanes of at least 4 members (excludes halogenated alkanes) is 1. The van der Waals surface area contributed by atoms with Gasteiger partial charge in [-0.2, -0.15) is 0 Å². The van der Waals surface area contributed by atoms with Gasteiger partial charge in [-0.05, 0) is 56.4 Å². The maximum absolute atomic E-state index is 14.4. The number of carbonyl (C=O) groups is 3. The second-order valence-electron chi connectivity index (χ2n) is 10.5. The number of rotatable bonds is 14. The molecule has 0 aromatic heterocycles. The molecule has 3 heterocycles. The fourth-order valence-electron chi connectivity index (χ4n) is 6.64. The predicted octanol–water partition coefficient (Wildman–Crippen LogP) is 2.79. The largest absolute Gasteiger partial charge is 0.497 e. The molecule has 1 aromatic rings. The highest BCUT2D eigenvalue weighted by atomic mass is 16.5. The first-order valence-electron chi connectivity index (χ1n) is 13.9. The molecule has 212 valence electrons. The van der Waals surface area contributed by atoms with Gasteiger partial charge < -0.3 is 29.3 Å². The molecule has 1 N–H and O–H groups in total. The smallest absolute Gasteiger partial charge is 0.253 e. The van der Waals surface area contributed by atoms with Crippen LogP contribution in [0.3, 0.4) is 0 Å². The van der Waals surface area contributed by atoms with Crippen molar-refractivity contribution < 1.29 is 29.0 Å². The van der Waals surface area contributed by atoms with Crippen molar-refractivity contribution in [1.82, 2.24) is 9.80 Å². The number of carbonyl (C=O) groups excluding carboxylic acids is 3. The van der Waals surface area contributed by atoms with Gasteiger partial charge in [-0.1, -0.05) is 19.1 Å². The molecule has 4 rings (SSSR count). The number of nitrogens with zero attached hydrogens (tertiary/aromatic N) is 3. The number of hydrogen-bond donors (Lipinski definition) is 1. The van der Waals surface area contributed by atoms with Gasteiger partial charge in [-0.25, -0.2) is 0 Å². The van der Waals surface area contributed by atoms with E-state index in [2.05, 4.69) is 13.2 Å². The van der Waals surface area contributed by atoms with Crippen LogP contribution < -0.4 is 9.64 Å². The summed E-state index contributed by atoms with van der Waals surface area (Å²) >= 11 is 0. The molecule has 3 aliphatic heterocycles. The molecule has 3 fully saturated rings. The second kappa shape index (κ2) is 12.3. The Morgan fingerprint density at radius 3 is 2.51 bits per heavy atom. The van der Waals surface area contributed by atoms with Crippen molar-refractivity contribution in [3.63, 3.8) is 0 Å². The number of ether oxygens (including phenoxy) is 2. The summed E-state index contributed by atoms with van der Waals surface area (Å²) in [7, 11) is 1.58. The number of fused-ring (bicyclic) bond motifs is 1. The lowest BCUT2D eigenvalue weighted by molar-refractivity contribution is -0.145. The lowest BCUT2D eigenvalue weighted by atomic mass is 9.70. The Hall–Kier alpha value is -3.17. The van der Waals surface area contributed by atoms with Gasteiger partial charge in [-0.3, -0.25) is 14.4 Å². The third kappa shape index (κ3) is 5.10. The van der Waals surface area contributed by atoms with Crippen LogP contribution in [0.2, 0.25) is 0 Å². The minimum absolute atomic E-state index is 0.00311. The molecular weight excluding hydrogens is 498 g/mol. The van der Waals surface area contributed by atoms with E-state index in [1.165, 1.54) is 0 Å². The normalized spacial score (nSPS) is 26.8. The van der Waals surface area contributed by atoms with Crippen molar-refractivity contribution in [1.29, 1.82) is 0 Å². The number of aliphatic hydroxyl groups is 1. The molecule has 39 heavy (non-hydrogen) atoms. The summed E-state index contributed by atoms with van der Waals surface area (Å²) < 4.78 is 11.9. The number of anilines is 1. The SMILES string of the molecule is C=CCN(CCC)C(=O)[C@@H]1[C@@H]2CCC3(O2)C(C(=O)N(CC=C)c2ccc(OC)cc2)N(CCCCO)C(=O)[C@H]13. The van der Waals surface area contributed by atoms with Crippen LogP contribution in [0.15, 0.2) is 49.6 Å². The molecule has 0 radical (unpaired) electrons. The van der Waals surface area contributed by atoms with Gasteiger partial charge in [0, 0.05) is 38.5 Å². The van der Waals surface area contributed by atoms with Crippen molar-refractivity contribution in [2.45, 2.75) is 56.8 Å². The van der Waals surface area contributed by atoms with Crippen LogP contribution in [0.1, 0.15) is 39.0 Å². The Morgan fingerprint density at radius 2 is 1.90 bits per heavy atom. The number of aliphatic hydroxyl groups excluding tert-OH is 1. The fourth-order valence-corrected chi connectivity index (χ4v) is 6.64. The zero-order valence-electron chi connectivity index (χ0n) is 23.1. The number of methoxy groups -OCH3 is 1. The molecular formula is C30H41N3O6. The summed E-state index contributed by atoms with van der Waals surface area (Å²) in [6, 6.07) is 6.30. The fraction of sp³-hybridized carbons (Fsp3) is 0.567. The van der Waals surface area contributed by atoms with Crippen LogP contribution in [-0.2, 0) is 19.1 Å². The Balaban J connectivity index is 1.73. The molecule has 3 aliphatic rings. The monoisotopic (exact) mass is 539 g/mol. The summed E-state index contributed by atoms with van der Waals surface area (Å²) in [5.41, 5.74) is -0.417. The van der Waals surface area contributed by atoms with E-state index in [0.717, 1.165) is 6.42 Å². The van der Waals surface area contributed by atoms with Crippen molar-refractivity contribution in [2.75, 3.05) is 44.8 Å². The second-order valence-corrected chi connectivity index (χ2v) is 10.5. The van der Waals surface area contributed by atoms with Crippen LogP contribution in [0, 0.1) is 11.8 Å². The van der Waals surface area contributed by atoms with Crippen molar-refractivity contribution in [3.05, 3.63) is 49.6 Å². The van der Waals surface area contributed by atoms with Gasteiger partial charge in [0.05, 0.1) is 25.0 Å². The molecule has 5 atom stereocenters. The predicted molar refractivity (Wildman–Crippen MR) is 148 cm³/mol. The van der Waals surface area contributed by atoms with E-state index >= 15 is 0 Å². The highest BCUT2D eigenvalue weighted by molar-refractivity contribution is 6.05. The standard InChI is InChI=1S/C30H41N3O6/c1-5-16-31(17-6-2)27(35)24-23-14-15-30(39-23)25(24)28(36)33(19-8-9-20-34)26(30)29(37)32(18-7-3)21-10-12-22(38-4)13-11-21/h5,7,10-13,23-26,34H,1,3,6,8-9,14-20H2,2,4H3/t23-,24+,25-,26?,30?/m0/s1. The number of likely N-dealkylation sites (tertiary alicyclic amines) is 1. The number of amides is 3. The first kappa shape index (κ1) is 28.8. The van der Waals surface area contributed by atoms with Crippen LogP contribution in [0.5, 0.6) is 5.75 Å².